The number of nitrogens with two attached hydrogens (primary N) is 1. The normalized spacial score (nSPS) is 14.5. The van der Waals surface area contributed by atoms with Gasteiger partial charge in [0.15, 0.2) is 0 Å². The molecule has 1 aliphatic rings. The van der Waals surface area contributed by atoms with Crippen LogP contribution in [0.3, 0.4) is 0 Å². The fourth-order valence-electron chi connectivity index (χ4n) is 7.59. The van der Waals surface area contributed by atoms with Crippen LogP contribution in [0.1, 0.15) is 23.5 Å². The molecule has 9 rings (SSSR count). The summed E-state index contributed by atoms with van der Waals surface area (Å²) in [7, 11) is 0. The summed E-state index contributed by atoms with van der Waals surface area (Å²) in [6.45, 7) is 4.28. The Morgan fingerprint density at radius 2 is 1.31 bits per heavy atom. The maximum absolute atomic E-state index is 6.75. The van der Waals surface area contributed by atoms with Gasteiger partial charge in [0.1, 0.15) is 0 Å². The minimum Gasteiger partial charge on any atom is -0.369 e. The lowest BCUT2D eigenvalue weighted by molar-refractivity contribution is 0.913. The fraction of sp³-hybridized carbons (Fsp3) is 0.0426. The van der Waals surface area contributed by atoms with Gasteiger partial charge in [-0.3, -0.25) is 4.57 Å². The highest BCUT2D eigenvalue weighted by Crippen LogP contribution is 2.35. The lowest BCUT2D eigenvalue weighted by atomic mass is 9.90. The second kappa shape index (κ2) is 12.7. The van der Waals surface area contributed by atoms with Crippen molar-refractivity contribution in [3.63, 3.8) is 0 Å². The van der Waals surface area contributed by atoms with Gasteiger partial charge >= 0.3 is 0 Å². The molecule has 0 spiro atoms. The van der Waals surface area contributed by atoms with Crippen LogP contribution in [0.2, 0.25) is 0 Å². The van der Waals surface area contributed by atoms with Crippen LogP contribution in [-0.4, -0.2) is 15.1 Å². The number of aromatic nitrogens is 2. The number of allylic oxidation sites excluding steroid dienone is 2. The van der Waals surface area contributed by atoms with Crippen LogP contribution in [0.25, 0.3) is 67.2 Å². The van der Waals surface area contributed by atoms with Crippen molar-refractivity contribution in [3.8, 4) is 16.8 Å². The Balaban J connectivity index is 1.05. The molecule has 244 valence electrons. The summed E-state index contributed by atoms with van der Waals surface area (Å²) < 4.78 is 4.44. The van der Waals surface area contributed by atoms with E-state index in [4.69, 9.17) is 10.7 Å². The minimum atomic E-state index is 0.231. The van der Waals surface area contributed by atoms with Crippen LogP contribution in [-0.2, 0) is 0 Å². The highest BCUT2D eigenvalue weighted by Gasteiger charge is 2.19. The molecule has 4 heteroatoms. The number of para-hydroxylation sites is 3. The van der Waals surface area contributed by atoms with Crippen molar-refractivity contribution in [1.82, 2.24) is 9.13 Å². The standard InChI is InChI=1S/C47H36N4/c1-32(33-20-22-35(23-21-33)34-12-4-2-5-13-34)28-29-49-47(48)51-44-19-11-9-17-40(44)42-31-37(25-27-46(42)51)36-24-26-45-41(30-36)39-16-8-10-18-43(39)50(45)38-14-6-3-7-15-38/h2-24,26-31,37H,1,25H2,(H2,48,49)/b29-28-. The molecule has 6 aromatic carbocycles. The molecule has 1 aliphatic carbocycles. The molecule has 2 heterocycles. The third-order valence-electron chi connectivity index (χ3n) is 10.1. The second-order valence-electron chi connectivity index (χ2n) is 13.1. The molecule has 51 heavy (non-hydrogen) atoms. The van der Waals surface area contributed by atoms with Crippen molar-refractivity contribution in [2.45, 2.75) is 12.3 Å². The molecule has 2 N–H and O–H groups in total. The van der Waals surface area contributed by atoms with E-state index >= 15 is 0 Å². The van der Waals surface area contributed by atoms with Gasteiger partial charge in [0.25, 0.3) is 0 Å². The molecule has 0 saturated carbocycles. The Labute approximate surface area is 296 Å². The first-order valence-corrected chi connectivity index (χ1v) is 17.4. The zero-order valence-corrected chi connectivity index (χ0v) is 28.2. The van der Waals surface area contributed by atoms with Crippen LogP contribution in [0.15, 0.2) is 176 Å². The van der Waals surface area contributed by atoms with Crippen molar-refractivity contribution in [2.24, 2.45) is 10.7 Å². The van der Waals surface area contributed by atoms with Gasteiger partial charge in [0.2, 0.25) is 5.96 Å². The maximum atomic E-state index is 6.75. The van der Waals surface area contributed by atoms with E-state index in [2.05, 4.69) is 173 Å². The van der Waals surface area contributed by atoms with Crippen molar-refractivity contribution in [3.05, 3.63) is 192 Å². The Morgan fingerprint density at radius 1 is 0.667 bits per heavy atom. The van der Waals surface area contributed by atoms with Crippen LogP contribution in [0, 0.1) is 0 Å². The van der Waals surface area contributed by atoms with Crippen LogP contribution >= 0.6 is 0 Å². The first-order chi connectivity index (χ1) is 25.1. The summed E-state index contributed by atoms with van der Waals surface area (Å²) in [5.74, 6) is 0.656. The Bertz CT molecular complexity index is 2780. The topological polar surface area (TPSA) is 48.2 Å². The summed E-state index contributed by atoms with van der Waals surface area (Å²) in [6.07, 6.45) is 9.26. The number of nitrogens with zero attached hydrogens (tertiary/aromatic N) is 3. The van der Waals surface area contributed by atoms with Crippen molar-refractivity contribution < 1.29 is 0 Å². The maximum Gasteiger partial charge on any atom is 0.205 e. The number of aliphatic imine (C=N–C) groups is 1. The number of fused-ring (bicyclic) bond motifs is 6. The highest BCUT2D eigenvalue weighted by atomic mass is 15.1. The van der Waals surface area contributed by atoms with Gasteiger partial charge in [0.05, 0.1) is 21.9 Å². The van der Waals surface area contributed by atoms with Gasteiger partial charge in [-0.15, -0.1) is 0 Å². The molecular weight excluding hydrogens is 621 g/mol. The van der Waals surface area contributed by atoms with Crippen molar-refractivity contribution in [1.29, 1.82) is 0 Å². The summed E-state index contributed by atoms with van der Waals surface area (Å²) in [5, 5.41) is 5.97. The largest absolute Gasteiger partial charge is 0.369 e. The molecule has 1 atom stereocenters. The van der Waals surface area contributed by atoms with E-state index < -0.39 is 0 Å². The van der Waals surface area contributed by atoms with Crippen molar-refractivity contribution in [2.75, 3.05) is 0 Å². The predicted octanol–water partition coefficient (Wildman–Crippen LogP) is 9.54. The first kappa shape index (κ1) is 30.4. The van der Waals surface area contributed by atoms with Gasteiger partial charge in [-0.25, -0.2) is 4.99 Å². The summed E-state index contributed by atoms with van der Waals surface area (Å²) in [6, 6.07) is 53.5. The third-order valence-corrected chi connectivity index (χ3v) is 10.1. The smallest absolute Gasteiger partial charge is 0.205 e. The average molecular weight is 657 g/mol. The van der Waals surface area contributed by atoms with Crippen LogP contribution < -0.4 is 16.3 Å². The first-order valence-electron chi connectivity index (χ1n) is 17.4. The van der Waals surface area contributed by atoms with E-state index in [-0.39, 0.29) is 5.92 Å². The van der Waals surface area contributed by atoms with Crippen molar-refractivity contribution >= 4 is 56.4 Å². The molecule has 0 saturated heterocycles. The number of hydrogen-bond donors (Lipinski definition) is 1. The van der Waals surface area contributed by atoms with E-state index in [1.807, 2.05) is 12.1 Å². The highest BCUT2D eigenvalue weighted by molar-refractivity contribution is 6.09. The van der Waals surface area contributed by atoms with E-state index in [1.165, 1.54) is 54.8 Å². The molecule has 0 radical (unpaired) electrons. The molecular formula is C47H36N4. The summed E-state index contributed by atoms with van der Waals surface area (Å²) >= 11 is 0. The number of rotatable bonds is 6. The predicted molar refractivity (Wildman–Crippen MR) is 215 cm³/mol. The molecule has 8 aromatic rings. The summed E-state index contributed by atoms with van der Waals surface area (Å²) in [5.41, 5.74) is 17.0. The van der Waals surface area contributed by atoms with E-state index in [0.29, 0.717) is 5.96 Å². The monoisotopic (exact) mass is 656 g/mol. The van der Waals surface area contributed by atoms with E-state index in [9.17, 15) is 0 Å². The van der Waals surface area contributed by atoms with E-state index in [0.717, 1.165) is 28.4 Å². The van der Waals surface area contributed by atoms with Gasteiger partial charge in [-0.2, -0.15) is 0 Å². The summed E-state index contributed by atoms with van der Waals surface area (Å²) in [4.78, 5) is 4.70. The molecule has 0 bridgehead atoms. The zero-order valence-electron chi connectivity index (χ0n) is 28.2. The van der Waals surface area contributed by atoms with Gasteiger partial charge in [0, 0.05) is 39.2 Å². The zero-order chi connectivity index (χ0) is 34.3. The quantitative estimate of drug-likeness (QED) is 0.108. The lowest BCUT2D eigenvalue weighted by Crippen LogP contribution is -2.38. The van der Waals surface area contributed by atoms with Crippen LogP contribution in [0.5, 0.6) is 0 Å². The molecule has 2 aromatic heterocycles. The number of benzene rings is 6. The lowest BCUT2D eigenvalue weighted by Gasteiger charge is -2.15. The second-order valence-corrected chi connectivity index (χ2v) is 13.1. The average Bonchev–Trinajstić information content (AvgIpc) is 3.71. The van der Waals surface area contributed by atoms with Gasteiger partial charge in [-0.05, 0) is 76.7 Å². The molecule has 1 unspecified atom stereocenters. The van der Waals surface area contributed by atoms with Gasteiger partial charge < -0.3 is 10.3 Å². The third kappa shape index (κ3) is 5.38. The van der Waals surface area contributed by atoms with Gasteiger partial charge in [-0.1, -0.05) is 134 Å². The Hall–Kier alpha value is -6.65. The van der Waals surface area contributed by atoms with E-state index in [1.54, 1.807) is 6.20 Å². The fourth-order valence-corrected chi connectivity index (χ4v) is 7.59. The SMILES string of the molecule is C=C(/C=C\N=C(N)n1c2c(c3ccccc31)=CC(c1ccc3c(c1)c1ccccc1n3-c1ccccc1)CC=2)c1ccc(-c2ccccc2)cc1. The van der Waals surface area contributed by atoms with Crippen LogP contribution in [0.4, 0.5) is 0 Å². The molecule has 0 fully saturated rings. The molecule has 4 nitrogen and oxygen atoms in total. The molecule has 0 amide bonds. The molecule has 0 aliphatic heterocycles. The Morgan fingerprint density at radius 3 is 2.10 bits per heavy atom. The minimum absolute atomic E-state index is 0.231. The number of hydrogen-bond acceptors (Lipinski definition) is 1. The Kier molecular flexibility index (Phi) is 7.55.